The van der Waals surface area contributed by atoms with Gasteiger partial charge < -0.3 is 15.4 Å². The summed E-state index contributed by atoms with van der Waals surface area (Å²) in [5.41, 5.74) is 0. The number of hydrogen-bond donors (Lipinski definition) is 2. The largest absolute Gasteiger partial charge is 0.469 e. The highest BCUT2D eigenvalue weighted by Crippen LogP contribution is 2.11. The minimum Gasteiger partial charge on any atom is -0.469 e. The van der Waals surface area contributed by atoms with Crippen LogP contribution in [0.1, 0.15) is 25.6 Å². The Morgan fingerprint density at radius 1 is 1.39 bits per heavy atom. The van der Waals surface area contributed by atoms with Gasteiger partial charge in [0.25, 0.3) is 0 Å². The van der Waals surface area contributed by atoms with Gasteiger partial charge in [-0.05, 0) is 6.42 Å². The number of esters is 1. The first-order valence-electron chi connectivity index (χ1n) is 6.06. The van der Waals surface area contributed by atoms with Crippen LogP contribution in [0, 0.1) is 0 Å². The maximum Gasteiger partial charge on any atom is 0.307 e. The van der Waals surface area contributed by atoms with Crippen molar-refractivity contribution < 1.29 is 9.53 Å². The summed E-state index contributed by atoms with van der Waals surface area (Å²) in [5, 5.41) is 6.09. The van der Waals surface area contributed by atoms with E-state index in [0.29, 0.717) is 13.0 Å². The molecule has 6 heteroatoms. The standard InChI is InChI=1S/C12H20N4O2/c1-4-5-9-15-10(13-2)8-11(16-9)14-7-6-12(17)18-3/h8H,4-7H2,1-3H3,(H2,13,14,15,16). The van der Waals surface area contributed by atoms with Gasteiger partial charge in [0.2, 0.25) is 0 Å². The maximum atomic E-state index is 11.0. The van der Waals surface area contributed by atoms with Crippen LogP contribution in [-0.4, -0.2) is 36.6 Å². The number of anilines is 2. The normalized spacial score (nSPS) is 9.94. The Bertz CT molecular complexity index is 396. The Labute approximate surface area is 107 Å². The van der Waals surface area contributed by atoms with Crippen LogP contribution in [0.5, 0.6) is 0 Å². The first-order valence-corrected chi connectivity index (χ1v) is 6.06. The molecule has 18 heavy (non-hydrogen) atoms. The number of methoxy groups -OCH3 is 1. The molecule has 0 aliphatic heterocycles. The molecule has 1 aromatic heterocycles. The van der Waals surface area contributed by atoms with E-state index in [9.17, 15) is 4.79 Å². The van der Waals surface area contributed by atoms with Gasteiger partial charge >= 0.3 is 5.97 Å². The summed E-state index contributed by atoms with van der Waals surface area (Å²) in [4.78, 5) is 19.7. The van der Waals surface area contributed by atoms with Gasteiger partial charge in [0.1, 0.15) is 17.5 Å². The molecular weight excluding hydrogens is 232 g/mol. The van der Waals surface area contributed by atoms with E-state index in [0.717, 1.165) is 30.3 Å². The van der Waals surface area contributed by atoms with Crippen molar-refractivity contribution in [3.05, 3.63) is 11.9 Å². The lowest BCUT2D eigenvalue weighted by Crippen LogP contribution is -2.12. The quantitative estimate of drug-likeness (QED) is 0.715. The van der Waals surface area contributed by atoms with Gasteiger partial charge in [0.05, 0.1) is 13.5 Å². The predicted molar refractivity (Wildman–Crippen MR) is 70.7 cm³/mol. The molecular formula is C12H20N4O2. The van der Waals surface area contributed by atoms with Crippen LogP contribution >= 0.6 is 0 Å². The zero-order valence-electron chi connectivity index (χ0n) is 11.1. The van der Waals surface area contributed by atoms with E-state index in [-0.39, 0.29) is 5.97 Å². The van der Waals surface area contributed by atoms with Gasteiger partial charge in [-0.3, -0.25) is 4.79 Å². The first-order chi connectivity index (χ1) is 8.69. The van der Waals surface area contributed by atoms with Crippen LogP contribution < -0.4 is 10.6 Å². The number of aryl methyl sites for hydroxylation is 1. The summed E-state index contributed by atoms with van der Waals surface area (Å²) in [5.74, 6) is 2.06. The Morgan fingerprint density at radius 3 is 2.72 bits per heavy atom. The second-order valence-electron chi connectivity index (χ2n) is 3.81. The molecule has 0 saturated carbocycles. The molecule has 6 nitrogen and oxygen atoms in total. The van der Waals surface area contributed by atoms with Crippen LogP contribution in [0.4, 0.5) is 11.6 Å². The van der Waals surface area contributed by atoms with Crippen molar-refractivity contribution in [2.24, 2.45) is 0 Å². The van der Waals surface area contributed by atoms with Crippen molar-refractivity contribution >= 4 is 17.6 Å². The number of nitrogens with zero attached hydrogens (tertiary/aromatic N) is 2. The third-order valence-corrected chi connectivity index (χ3v) is 2.37. The smallest absolute Gasteiger partial charge is 0.307 e. The van der Waals surface area contributed by atoms with E-state index >= 15 is 0 Å². The molecule has 0 aromatic carbocycles. The van der Waals surface area contributed by atoms with Crippen LogP contribution in [-0.2, 0) is 16.0 Å². The number of rotatable bonds is 7. The van der Waals surface area contributed by atoms with E-state index in [1.165, 1.54) is 7.11 Å². The van der Waals surface area contributed by atoms with Crippen molar-refractivity contribution in [3.8, 4) is 0 Å². The van der Waals surface area contributed by atoms with E-state index < -0.39 is 0 Å². The maximum absolute atomic E-state index is 11.0. The molecule has 0 amide bonds. The minimum atomic E-state index is -0.237. The van der Waals surface area contributed by atoms with Gasteiger partial charge in [-0.25, -0.2) is 9.97 Å². The van der Waals surface area contributed by atoms with Gasteiger partial charge in [-0.15, -0.1) is 0 Å². The second-order valence-corrected chi connectivity index (χ2v) is 3.81. The second kappa shape index (κ2) is 7.47. The summed E-state index contributed by atoms with van der Waals surface area (Å²) >= 11 is 0. The SMILES string of the molecule is CCCc1nc(NC)cc(NCCC(=O)OC)n1. The Hall–Kier alpha value is -1.85. The lowest BCUT2D eigenvalue weighted by Gasteiger charge is -2.09. The van der Waals surface area contributed by atoms with Crippen molar-refractivity contribution in [2.75, 3.05) is 31.3 Å². The van der Waals surface area contributed by atoms with Gasteiger partial charge in [0, 0.05) is 26.1 Å². The third kappa shape index (κ3) is 4.57. The fraction of sp³-hybridized carbons (Fsp3) is 0.583. The number of nitrogens with one attached hydrogen (secondary N) is 2. The van der Waals surface area contributed by atoms with E-state index in [2.05, 4.69) is 32.3 Å². The number of carbonyl (C=O) groups excluding carboxylic acids is 1. The molecule has 0 fully saturated rings. The molecule has 0 aliphatic rings. The molecule has 0 atom stereocenters. The van der Waals surface area contributed by atoms with Gasteiger partial charge in [-0.2, -0.15) is 0 Å². The van der Waals surface area contributed by atoms with Crippen LogP contribution in [0.3, 0.4) is 0 Å². The molecule has 0 saturated heterocycles. The zero-order valence-corrected chi connectivity index (χ0v) is 11.1. The molecule has 0 aliphatic carbocycles. The first kappa shape index (κ1) is 14.2. The Kier molecular flexibility index (Phi) is 5.90. The van der Waals surface area contributed by atoms with Crippen LogP contribution in [0.15, 0.2) is 6.07 Å². The van der Waals surface area contributed by atoms with E-state index in [1.54, 1.807) is 0 Å². The summed E-state index contributed by atoms with van der Waals surface area (Å²) in [6.45, 7) is 2.58. The highest BCUT2D eigenvalue weighted by molar-refractivity contribution is 5.69. The van der Waals surface area contributed by atoms with Crippen LogP contribution in [0.25, 0.3) is 0 Å². The highest BCUT2D eigenvalue weighted by Gasteiger charge is 2.04. The number of ether oxygens (including phenoxy) is 1. The summed E-state index contributed by atoms with van der Waals surface area (Å²) < 4.78 is 4.57. The van der Waals surface area contributed by atoms with Gasteiger partial charge in [-0.1, -0.05) is 6.92 Å². The third-order valence-electron chi connectivity index (χ3n) is 2.37. The molecule has 0 bridgehead atoms. The molecule has 1 heterocycles. The van der Waals surface area contributed by atoms with Crippen LogP contribution in [0.2, 0.25) is 0 Å². The molecule has 1 aromatic rings. The molecule has 1 rings (SSSR count). The zero-order chi connectivity index (χ0) is 13.4. The average molecular weight is 252 g/mol. The lowest BCUT2D eigenvalue weighted by atomic mass is 10.3. The van der Waals surface area contributed by atoms with Gasteiger partial charge in [0.15, 0.2) is 0 Å². The molecule has 2 N–H and O–H groups in total. The van der Waals surface area contributed by atoms with Crippen molar-refractivity contribution in [3.63, 3.8) is 0 Å². The lowest BCUT2D eigenvalue weighted by molar-refractivity contribution is -0.140. The minimum absolute atomic E-state index is 0.237. The monoisotopic (exact) mass is 252 g/mol. The summed E-state index contributed by atoms with van der Waals surface area (Å²) in [6, 6.07) is 1.82. The number of aromatic nitrogens is 2. The summed E-state index contributed by atoms with van der Waals surface area (Å²) in [7, 11) is 3.20. The molecule has 100 valence electrons. The number of hydrogen-bond acceptors (Lipinski definition) is 6. The van der Waals surface area contributed by atoms with Crippen molar-refractivity contribution in [1.29, 1.82) is 0 Å². The average Bonchev–Trinajstić information content (AvgIpc) is 2.38. The van der Waals surface area contributed by atoms with Crippen molar-refractivity contribution in [2.45, 2.75) is 26.2 Å². The van der Waals surface area contributed by atoms with E-state index in [4.69, 9.17) is 0 Å². The molecule has 0 unspecified atom stereocenters. The van der Waals surface area contributed by atoms with Crippen molar-refractivity contribution in [1.82, 2.24) is 9.97 Å². The number of carbonyl (C=O) groups is 1. The van der Waals surface area contributed by atoms with E-state index in [1.807, 2.05) is 13.1 Å². The fourth-order valence-corrected chi connectivity index (χ4v) is 1.45. The Morgan fingerprint density at radius 2 is 2.11 bits per heavy atom. The predicted octanol–water partition coefficient (Wildman–Crippen LogP) is 1.45. The Balaban J connectivity index is 2.63. The topological polar surface area (TPSA) is 76.1 Å². The fourth-order valence-electron chi connectivity index (χ4n) is 1.45. The summed E-state index contributed by atoms with van der Waals surface area (Å²) in [6.07, 6.45) is 2.15. The highest BCUT2D eigenvalue weighted by atomic mass is 16.5. The molecule has 0 radical (unpaired) electrons. The molecule has 0 spiro atoms.